The van der Waals surface area contributed by atoms with Crippen LogP contribution in [0.15, 0.2) is 23.1 Å². The molecule has 0 radical (unpaired) electrons. The third-order valence-corrected chi connectivity index (χ3v) is 4.90. The molecule has 0 aliphatic rings. The summed E-state index contributed by atoms with van der Waals surface area (Å²) in [5.41, 5.74) is 0. The van der Waals surface area contributed by atoms with Gasteiger partial charge in [0, 0.05) is 0 Å². The Hall–Kier alpha value is 0.590. The molecule has 1 aromatic rings. The summed E-state index contributed by atoms with van der Waals surface area (Å²) in [4.78, 5) is 3.46. The van der Waals surface area contributed by atoms with Crippen molar-refractivity contribution in [3.63, 3.8) is 0 Å². The molecule has 0 aromatic heterocycles. The van der Waals surface area contributed by atoms with E-state index in [0.29, 0.717) is 5.25 Å². The molecule has 0 aliphatic heterocycles. The molecule has 1 rings (SSSR count). The second-order valence-corrected chi connectivity index (χ2v) is 7.28. The zero-order valence-electron chi connectivity index (χ0n) is 7.97. The molecule has 0 N–H and O–H groups in total. The van der Waals surface area contributed by atoms with Gasteiger partial charge in [0.2, 0.25) is 0 Å². The molecule has 13 heavy (non-hydrogen) atoms. The van der Waals surface area contributed by atoms with Crippen molar-refractivity contribution in [2.45, 2.75) is 24.0 Å². The van der Waals surface area contributed by atoms with Gasteiger partial charge in [-0.3, -0.25) is 0 Å². The zero-order valence-corrected chi connectivity index (χ0v) is 11.7. The summed E-state index contributed by atoms with van der Waals surface area (Å²) in [6.45, 7) is 4.36. The van der Waals surface area contributed by atoms with Crippen molar-refractivity contribution in [2.75, 3.05) is 4.93 Å². The molecule has 0 bridgehead atoms. The molecule has 0 fully saturated rings. The molecule has 1 aromatic carbocycles. The molecule has 0 atom stereocenters. The summed E-state index contributed by atoms with van der Waals surface area (Å²) in [5, 5.41) is 1.51. The topological polar surface area (TPSA) is 0 Å². The molecular weight excluding hydrogens is 315 g/mol. The molecule has 0 nitrogen and oxygen atoms in total. The number of halogens is 2. The zero-order chi connectivity index (χ0) is 9.84. The Kier molecular flexibility index (Phi) is 4.90. The summed E-state index contributed by atoms with van der Waals surface area (Å²) in [5.74, 6) is 0. The number of hydrogen-bond donors (Lipinski definition) is 0. The third kappa shape index (κ3) is 3.68. The van der Waals surface area contributed by atoms with Gasteiger partial charge in [-0.15, -0.1) is 0 Å². The Morgan fingerprint density at radius 1 is 1.38 bits per heavy atom. The van der Waals surface area contributed by atoms with E-state index in [0.717, 1.165) is 5.02 Å². The van der Waals surface area contributed by atoms with Crippen molar-refractivity contribution in [2.24, 2.45) is 0 Å². The van der Waals surface area contributed by atoms with Gasteiger partial charge in [-0.1, -0.05) is 0 Å². The Bertz CT molecular complexity index is 286. The average Bonchev–Trinajstić information content (AvgIpc) is 2.08. The normalized spacial score (nSPS) is 11.2. The number of rotatable bonds is 3. The van der Waals surface area contributed by atoms with Crippen LogP contribution in [0.4, 0.5) is 0 Å². The Morgan fingerprint density at radius 3 is 2.54 bits per heavy atom. The molecule has 74 valence electrons. The van der Waals surface area contributed by atoms with Gasteiger partial charge < -0.3 is 0 Å². The van der Waals surface area contributed by atoms with Gasteiger partial charge in [-0.25, -0.2) is 0 Å². The van der Waals surface area contributed by atoms with Crippen molar-refractivity contribution >= 4 is 23.4 Å². The van der Waals surface area contributed by atoms with Gasteiger partial charge in [0.25, 0.3) is 0 Å². The van der Waals surface area contributed by atoms with Crippen molar-refractivity contribution in [1.29, 1.82) is 0 Å². The maximum atomic E-state index is 6.15. The summed E-state index contributed by atoms with van der Waals surface area (Å²) >= 11 is 8.14. The van der Waals surface area contributed by atoms with Gasteiger partial charge >= 0.3 is 100 Å². The first-order valence-corrected chi connectivity index (χ1v) is 8.58. The SMILES string of the molecule is C[I-]c1ccc(SC(C)C)c(Cl)c1. The van der Waals surface area contributed by atoms with Gasteiger partial charge in [-0.05, 0) is 0 Å². The van der Waals surface area contributed by atoms with Crippen molar-refractivity contribution in [3.05, 3.63) is 26.8 Å². The molecule has 0 amide bonds. The molecule has 0 saturated heterocycles. The fraction of sp³-hybridized carbons (Fsp3) is 0.400. The van der Waals surface area contributed by atoms with Crippen molar-refractivity contribution < 1.29 is 21.2 Å². The van der Waals surface area contributed by atoms with Crippen LogP contribution < -0.4 is 21.2 Å². The second-order valence-electron chi connectivity index (χ2n) is 2.93. The third-order valence-electron chi connectivity index (χ3n) is 1.47. The fourth-order valence-electron chi connectivity index (χ4n) is 0.942. The van der Waals surface area contributed by atoms with Gasteiger partial charge in [0.15, 0.2) is 0 Å². The van der Waals surface area contributed by atoms with Crippen LogP contribution in [0.2, 0.25) is 5.02 Å². The minimum atomic E-state index is 0.165. The average molecular weight is 328 g/mol. The van der Waals surface area contributed by atoms with Gasteiger partial charge in [0.1, 0.15) is 0 Å². The first-order valence-electron chi connectivity index (χ1n) is 4.09. The first kappa shape index (κ1) is 11.7. The molecule has 3 heteroatoms. The number of benzene rings is 1. The first-order chi connectivity index (χ1) is 6.13. The van der Waals surface area contributed by atoms with Gasteiger partial charge in [0.05, 0.1) is 0 Å². The monoisotopic (exact) mass is 327 g/mol. The number of hydrogen-bond acceptors (Lipinski definition) is 1. The molecule has 0 spiro atoms. The standard InChI is InChI=1S/C10H13ClIS/c1-7(2)13-10-5-4-8(12-3)6-9(10)11/h4-7H,1-3H3/q-1. The van der Waals surface area contributed by atoms with Crippen LogP contribution in [0.25, 0.3) is 0 Å². The van der Waals surface area contributed by atoms with E-state index in [4.69, 9.17) is 11.6 Å². The van der Waals surface area contributed by atoms with Gasteiger partial charge in [-0.2, -0.15) is 0 Å². The van der Waals surface area contributed by atoms with E-state index in [2.05, 4.69) is 37.0 Å². The van der Waals surface area contributed by atoms with E-state index in [-0.39, 0.29) is 21.2 Å². The number of alkyl halides is 1. The predicted octanol–water partition coefficient (Wildman–Crippen LogP) is 0.729. The van der Waals surface area contributed by atoms with Crippen LogP contribution in [0, 0.1) is 3.57 Å². The van der Waals surface area contributed by atoms with Crippen LogP contribution in [-0.4, -0.2) is 10.2 Å². The van der Waals surface area contributed by atoms with Crippen LogP contribution in [0.1, 0.15) is 13.8 Å². The predicted molar refractivity (Wildman–Crippen MR) is 57.1 cm³/mol. The molecule has 0 aliphatic carbocycles. The fourth-order valence-corrected chi connectivity index (χ4v) is 3.43. The van der Waals surface area contributed by atoms with Crippen LogP contribution in [-0.2, 0) is 0 Å². The van der Waals surface area contributed by atoms with E-state index < -0.39 is 0 Å². The van der Waals surface area contributed by atoms with Crippen LogP contribution in [0.5, 0.6) is 0 Å². The van der Waals surface area contributed by atoms with Crippen LogP contribution >= 0.6 is 23.4 Å². The van der Waals surface area contributed by atoms with E-state index in [1.165, 1.54) is 8.47 Å². The van der Waals surface area contributed by atoms with Crippen molar-refractivity contribution in [3.8, 4) is 0 Å². The quantitative estimate of drug-likeness (QED) is 0.448. The maximum absolute atomic E-state index is 6.15. The Morgan fingerprint density at radius 2 is 2.08 bits per heavy atom. The summed E-state index contributed by atoms with van der Waals surface area (Å²) in [7, 11) is 0. The Balaban J connectivity index is 2.85. The Labute approximate surface area is 99.7 Å². The molecule has 0 heterocycles. The van der Waals surface area contributed by atoms with E-state index in [9.17, 15) is 0 Å². The van der Waals surface area contributed by atoms with Crippen molar-refractivity contribution in [1.82, 2.24) is 0 Å². The van der Waals surface area contributed by atoms with E-state index in [1.807, 2.05) is 11.8 Å². The summed E-state index contributed by atoms with van der Waals surface area (Å²) in [6.07, 6.45) is 0. The molecule has 0 unspecified atom stereocenters. The van der Waals surface area contributed by atoms with E-state index >= 15 is 0 Å². The summed E-state index contributed by atoms with van der Waals surface area (Å²) in [6, 6.07) is 6.45. The molecule has 0 saturated carbocycles. The summed E-state index contributed by atoms with van der Waals surface area (Å²) < 4.78 is 1.41. The minimum absolute atomic E-state index is 0.165. The second kappa shape index (κ2) is 5.47. The van der Waals surface area contributed by atoms with E-state index in [1.54, 1.807) is 0 Å². The van der Waals surface area contributed by atoms with Crippen LogP contribution in [0.3, 0.4) is 0 Å². The number of thioether (sulfide) groups is 1. The molecular formula is C10H13ClIS-.